The lowest BCUT2D eigenvalue weighted by Gasteiger charge is -2.32. The molecule has 1 rings (SSSR count). The standard InChI is InChI=1S/C18H30N2O/c1-4-6-15-20(18(21)13-10-14-19-3)17(5-2)16-11-8-7-9-12-16/h7-9,11-12,17,19H,4-6,10,13-15H2,1-3H3. The van der Waals surface area contributed by atoms with Gasteiger partial charge in [0.1, 0.15) is 0 Å². The zero-order valence-corrected chi connectivity index (χ0v) is 13.8. The Bertz CT molecular complexity index is 391. The number of nitrogens with zero attached hydrogens (tertiary/aromatic N) is 1. The van der Waals surface area contributed by atoms with E-state index in [9.17, 15) is 4.79 Å². The molecule has 0 heterocycles. The lowest BCUT2D eigenvalue weighted by molar-refractivity contribution is -0.134. The van der Waals surface area contributed by atoms with Crippen molar-refractivity contribution in [2.24, 2.45) is 0 Å². The summed E-state index contributed by atoms with van der Waals surface area (Å²) < 4.78 is 0. The van der Waals surface area contributed by atoms with Gasteiger partial charge in [-0.25, -0.2) is 0 Å². The second-order valence-electron chi connectivity index (χ2n) is 5.48. The quantitative estimate of drug-likeness (QED) is 0.665. The van der Waals surface area contributed by atoms with Gasteiger partial charge in [-0.15, -0.1) is 0 Å². The van der Waals surface area contributed by atoms with Crippen LogP contribution in [-0.4, -0.2) is 30.9 Å². The Balaban J connectivity index is 2.80. The van der Waals surface area contributed by atoms with Gasteiger partial charge in [0.15, 0.2) is 0 Å². The number of nitrogens with one attached hydrogen (secondary N) is 1. The highest BCUT2D eigenvalue weighted by atomic mass is 16.2. The van der Waals surface area contributed by atoms with Crippen molar-refractivity contribution < 1.29 is 4.79 Å². The van der Waals surface area contributed by atoms with Crippen LogP contribution in [0.25, 0.3) is 0 Å². The molecule has 0 aliphatic carbocycles. The number of carbonyl (C=O) groups excluding carboxylic acids is 1. The van der Waals surface area contributed by atoms with Crippen molar-refractivity contribution in [3.63, 3.8) is 0 Å². The molecule has 0 saturated heterocycles. The van der Waals surface area contributed by atoms with Gasteiger partial charge >= 0.3 is 0 Å². The average Bonchev–Trinajstić information content (AvgIpc) is 2.52. The first kappa shape index (κ1) is 17.7. The number of rotatable bonds is 10. The molecule has 118 valence electrons. The van der Waals surface area contributed by atoms with Gasteiger partial charge in [-0.05, 0) is 38.4 Å². The first-order chi connectivity index (χ1) is 10.2. The van der Waals surface area contributed by atoms with Gasteiger partial charge in [-0.3, -0.25) is 4.79 Å². The summed E-state index contributed by atoms with van der Waals surface area (Å²) in [7, 11) is 1.93. The fourth-order valence-corrected chi connectivity index (χ4v) is 2.65. The molecule has 21 heavy (non-hydrogen) atoms. The fourth-order valence-electron chi connectivity index (χ4n) is 2.65. The Hall–Kier alpha value is -1.35. The maximum atomic E-state index is 12.6. The molecule has 0 aromatic heterocycles. The van der Waals surface area contributed by atoms with Crippen molar-refractivity contribution in [2.45, 2.75) is 52.0 Å². The minimum atomic E-state index is 0.208. The average molecular weight is 290 g/mol. The third kappa shape index (κ3) is 5.88. The van der Waals surface area contributed by atoms with E-state index in [2.05, 4.69) is 48.3 Å². The number of hydrogen-bond donors (Lipinski definition) is 1. The molecule has 3 heteroatoms. The van der Waals surface area contributed by atoms with Crippen LogP contribution in [0.2, 0.25) is 0 Å². The van der Waals surface area contributed by atoms with Crippen LogP contribution in [0.4, 0.5) is 0 Å². The van der Waals surface area contributed by atoms with E-state index in [1.54, 1.807) is 0 Å². The van der Waals surface area contributed by atoms with Crippen molar-refractivity contribution in [3.8, 4) is 0 Å². The molecule has 1 amide bonds. The van der Waals surface area contributed by atoms with Crippen LogP contribution >= 0.6 is 0 Å². The second-order valence-corrected chi connectivity index (χ2v) is 5.48. The smallest absolute Gasteiger partial charge is 0.223 e. The first-order valence-corrected chi connectivity index (χ1v) is 8.23. The summed E-state index contributed by atoms with van der Waals surface area (Å²) in [6.45, 7) is 6.10. The third-order valence-electron chi connectivity index (χ3n) is 3.84. The van der Waals surface area contributed by atoms with Crippen LogP contribution in [0.15, 0.2) is 30.3 Å². The SMILES string of the molecule is CCCCN(C(=O)CCCNC)C(CC)c1ccccc1. The third-order valence-corrected chi connectivity index (χ3v) is 3.84. The molecule has 1 unspecified atom stereocenters. The predicted molar refractivity (Wildman–Crippen MR) is 89.3 cm³/mol. The van der Waals surface area contributed by atoms with Crippen LogP contribution in [0.5, 0.6) is 0 Å². The van der Waals surface area contributed by atoms with Gasteiger partial charge in [-0.1, -0.05) is 50.6 Å². The molecule has 1 aromatic carbocycles. The van der Waals surface area contributed by atoms with Crippen LogP contribution in [0.3, 0.4) is 0 Å². The summed E-state index contributed by atoms with van der Waals surface area (Å²) in [5.74, 6) is 0.286. The van der Waals surface area contributed by atoms with Crippen molar-refractivity contribution in [2.75, 3.05) is 20.1 Å². The lowest BCUT2D eigenvalue weighted by Crippen LogP contribution is -2.35. The van der Waals surface area contributed by atoms with E-state index >= 15 is 0 Å². The largest absolute Gasteiger partial charge is 0.336 e. The van der Waals surface area contributed by atoms with Gasteiger partial charge in [0.2, 0.25) is 5.91 Å². The molecule has 0 fully saturated rings. The van der Waals surface area contributed by atoms with Gasteiger partial charge in [-0.2, -0.15) is 0 Å². The van der Waals surface area contributed by atoms with E-state index in [0.29, 0.717) is 6.42 Å². The molecule has 1 atom stereocenters. The van der Waals surface area contributed by atoms with Crippen LogP contribution in [-0.2, 0) is 4.79 Å². The van der Waals surface area contributed by atoms with Gasteiger partial charge in [0.05, 0.1) is 6.04 Å². The van der Waals surface area contributed by atoms with E-state index in [1.807, 2.05) is 13.1 Å². The van der Waals surface area contributed by atoms with E-state index in [0.717, 1.165) is 38.8 Å². The molecular weight excluding hydrogens is 260 g/mol. The summed E-state index contributed by atoms with van der Waals surface area (Å²) in [6.07, 6.45) is 4.69. The van der Waals surface area contributed by atoms with Crippen LogP contribution in [0.1, 0.15) is 57.6 Å². The van der Waals surface area contributed by atoms with Crippen molar-refractivity contribution in [3.05, 3.63) is 35.9 Å². The maximum absolute atomic E-state index is 12.6. The zero-order chi connectivity index (χ0) is 15.5. The highest BCUT2D eigenvalue weighted by molar-refractivity contribution is 5.76. The Labute approximate surface area is 129 Å². The number of benzene rings is 1. The molecule has 0 spiro atoms. The summed E-state index contributed by atoms with van der Waals surface area (Å²) in [5.41, 5.74) is 1.25. The molecule has 1 N–H and O–H groups in total. The van der Waals surface area contributed by atoms with Crippen LogP contribution < -0.4 is 5.32 Å². The Kier molecular flexibility index (Phi) is 8.76. The minimum Gasteiger partial charge on any atom is -0.336 e. The van der Waals surface area contributed by atoms with Gasteiger partial charge < -0.3 is 10.2 Å². The topological polar surface area (TPSA) is 32.3 Å². The monoisotopic (exact) mass is 290 g/mol. The molecule has 0 aliphatic heterocycles. The molecule has 1 aromatic rings. The highest BCUT2D eigenvalue weighted by Gasteiger charge is 2.22. The number of unbranched alkanes of at least 4 members (excludes halogenated alkanes) is 1. The fraction of sp³-hybridized carbons (Fsp3) is 0.611. The van der Waals surface area contributed by atoms with Crippen LogP contribution in [0, 0.1) is 0 Å². The van der Waals surface area contributed by atoms with Crippen molar-refractivity contribution in [1.29, 1.82) is 0 Å². The van der Waals surface area contributed by atoms with E-state index in [1.165, 1.54) is 5.56 Å². The number of amides is 1. The van der Waals surface area contributed by atoms with Gasteiger partial charge in [0.25, 0.3) is 0 Å². The summed E-state index contributed by atoms with van der Waals surface area (Å²) in [5, 5.41) is 3.11. The van der Waals surface area contributed by atoms with Crippen molar-refractivity contribution >= 4 is 5.91 Å². The van der Waals surface area contributed by atoms with Crippen molar-refractivity contribution in [1.82, 2.24) is 10.2 Å². The molecule has 0 aliphatic rings. The molecule has 0 bridgehead atoms. The number of hydrogen-bond acceptors (Lipinski definition) is 2. The molecule has 3 nitrogen and oxygen atoms in total. The van der Waals surface area contributed by atoms with E-state index < -0.39 is 0 Å². The Morgan fingerprint density at radius 1 is 1.19 bits per heavy atom. The second kappa shape index (κ2) is 10.4. The molecule has 0 saturated carbocycles. The lowest BCUT2D eigenvalue weighted by atomic mass is 10.0. The maximum Gasteiger partial charge on any atom is 0.223 e. The highest BCUT2D eigenvalue weighted by Crippen LogP contribution is 2.25. The Morgan fingerprint density at radius 3 is 2.48 bits per heavy atom. The predicted octanol–water partition coefficient (Wildman–Crippen LogP) is 3.77. The summed E-state index contributed by atoms with van der Waals surface area (Å²) in [6, 6.07) is 10.6. The summed E-state index contributed by atoms with van der Waals surface area (Å²) in [4.78, 5) is 14.7. The first-order valence-electron chi connectivity index (χ1n) is 8.23. The van der Waals surface area contributed by atoms with Gasteiger partial charge in [0, 0.05) is 13.0 Å². The summed E-state index contributed by atoms with van der Waals surface area (Å²) >= 11 is 0. The van der Waals surface area contributed by atoms with E-state index in [4.69, 9.17) is 0 Å². The number of carbonyl (C=O) groups is 1. The molecule has 0 radical (unpaired) electrons. The zero-order valence-electron chi connectivity index (χ0n) is 13.8. The van der Waals surface area contributed by atoms with E-state index in [-0.39, 0.29) is 11.9 Å². The normalized spacial score (nSPS) is 12.1. The minimum absolute atomic E-state index is 0.208. The Morgan fingerprint density at radius 2 is 1.90 bits per heavy atom. The molecular formula is C18H30N2O.